The Labute approximate surface area is 116 Å². The Balaban J connectivity index is 2.45. The number of nitrogens with one attached hydrogen (secondary N) is 2. The van der Waals surface area contributed by atoms with E-state index in [1.54, 1.807) is 0 Å². The Morgan fingerprint density at radius 2 is 1.79 bits per heavy atom. The van der Waals surface area contributed by atoms with E-state index in [2.05, 4.69) is 43.5 Å². The second kappa shape index (κ2) is 7.95. The smallest absolute Gasteiger partial charge is 0.237 e. The highest BCUT2D eigenvalue weighted by molar-refractivity contribution is 5.81. The topological polar surface area (TPSA) is 41.1 Å². The molecule has 0 heterocycles. The van der Waals surface area contributed by atoms with E-state index in [-0.39, 0.29) is 24.0 Å². The van der Waals surface area contributed by atoms with Gasteiger partial charge in [0.25, 0.3) is 0 Å². The summed E-state index contributed by atoms with van der Waals surface area (Å²) in [5.41, 5.74) is 1.20. The number of hydrogen-bond donors (Lipinski definition) is 2. The average Bonchev–Trinajstić information content (AvgIpc) is 2.39. The van der Waals surface area contributed by atoms with Gasteiger partial charge in [-0.3, -0.25) is 10.1 Å². The molecule has 1 rings (SSSR count). The van der Waals surface area contributed by atoms with Gasteiger partial charge in [0.05, 0.1) is 6.04 Å². The normalized spacial score (nSPS) is 15.6. The summed E-state index contributed by atoms with van der Waals surface area (Å²) in [5.74, 6) is 0.0729. The van der Waals surface area contributed by atoms with Crippen molar-refractivity contribution in [3.8, 4) is 0 Å². The Morgan fingerprint density at radius 3 is 2.37 bits per heavy atom. The highest BCUT2D eigenvalue weighted by atomic mass is 16.2. The summed E-state index contributed by atoms with van der Waals surface area (Å²) in [4.78, 5) is 12.0. The van der Waals surface area contributed by atoms with Crippen LogP contribution in [0.25, 0.3) is 0 Å². The van der Waals surface area contributed by atoms with Crippen molar-refractivity contribution < 1.29 is 4.79 Å². The molecular weight excluding hydrogens is 236 g/mol. The predicted molar refractivity (Wildman–Crippen MR) is 80.0 cm³/mol. The van der Waals surface area contributed by atoms with E-state index in [0.717, 1.165) is 12.8 Å². The van der Waals surface area contributed by atoms with Crippen LogP contribution in [0.2, 0.25) is 0 Å². The SMILES string of the molecule is CCCC(C)NC(=O)C(C)N[C@@H](C)c1ccccc1. The van der Waals surface area contributed by atoms with Gasteiger partial charge >= 0.3 is 0 Å². The number of carbonyl (C=O) groups excluding carboxylic acids is 1. The third-order valence-corrected chi connectivity index (χ3v) is 3.30. The molecule has 0 aromatic heterocycles. The zero-order chi connectivity index (χ0) is 14.3. The van der Waals surface area contributed by atoms with Gasteiger partial charge in [-0.05, 0) is 32.8 Å². The molecule has 1 aromatic carbocycles. The molecule has 0 aliphatic heterocycles. The van der Waals surface area contributed by atoms with Crippen molar-refractivity contribution in [1.29, 1.82) is 0 Å². The van der Waals surface area contributed by atoms with Gasteiger partial charge in [-0.1, -0.05) is 43.7 Å². The molecule has 0 fully saturated rings. The first-order chi connectivity index (χ1) is 9.04. The molecule has 0 saturated heterocycles. The third kappa shape index (κ3) is 5.43. The fraction of sp³-hybridized carbons (Fsp3) is 0.562. The Hall–Kier alpha value is -1.35. The molecule has 19 heavy (non-hydrogen) atoms. The van der Waals surface area contributed by atoms with Crippen LogP contribution in [0.15, 0.2) is 30.3 Å². The minimum absolute atomic E-state index is 0.0729. The van der Waals surface area contributed by atoms with Crippen molar-refractivity contribution in [3.05, 3.63) is 35.9 Å². The summed E-state index contributed by atoms with van der Waals surface area (Å²) in [6.45, 7) is 8.17. The Kier molecular flexibility index (Phi) is 6.57. The highest BCUT2D eigenvalue weighted by Gasteiger charge is 2.17. The summed E-state index contributed by atoms with van der Waals surface area (Å²) >= 11 is 0. The molecule has 106 valence electrons. The first kappa shape index (κ1) is 15.7. The lowest BCUT2D eigenvalue weighted by Crippen LogP contribution is -2.46. The number of amides is 1. The van der Waals surface area contributed by atoms with Gasteiger partial charge in [-0.15, -0.1) is 0 Å². The van der Waals surface area contributed by atoms with Crippen molar-refractivity contribution in [1.82, 2.24) is 10.6 Å². The third-order valence-electron chi connectivity index (χ3n) is 3.30. The summed E-state index contributed by atoms with van der Waals surface area (Å²) in [6.07, 6.45) is 2.11. The predicted octanol–water partition coefficient (Wildman–Crippen LogP) is 3.03. The molecule has 0 aliphatic carbocycles. The fourth-order valence-corrected chi connectivity index (χ4v) is 2.16. The molecule has 1 aromatic rings. The molecule has 0 spiro atoms. The number of benzene rings is 1. The minimum atomic E-state index is -0.186. The van der Waals surface area contributed by atoms with Crippen LogP contribution in [0.3, 0.4) is 0 Å². The van der Waals surface area contributed by atoms with Crippen molar-refractivity contribution in [2.75, 3.05) is 0 Å². The lowest BCUT2D eigenvalue weighted by molar-refractivity contribution is -0.123. The molecule has 3 atom stereocenters. The Morgan fingerprint density at radius 1 is 1.16 bits per heavy atom. The van der Waals surface area contributed by atoms with E-state index in [9.17, 15) is 4.79 Å². The average molecular weight is 262 g/mol. The molecule has 2 N–H and O–H groups in total. The lowest BCUT2D eigenvalue weighted by atomic mass is 10.1. The maximum atomic E-state index is 12.0. The van der Waals surface area contributed by atoms with Crippen molar-refractivity contribution in [2.24, 2.45) is 0 Å². The van der Waals surface area contributed by atoms with Gasteiger partial charge in [-0.2, -0.15) is 0 Å². The molecule has 0 radical (unpaired) electrons. The van der Waals surface area contributed by atoms with E-state index < -0.39 is 0 Å². The Bertz CT molecular complexity index is 378. The van der Waals surface area contributed by atoms with E-state index >= 15 is 0 Å². The molecule has 0 saturated carbocycles. The highest BCUT2D eigenvalue weighted by Crippen LogP contribution is 2.12. The molecule has 3 nitrogen and oxygen atoms in total. The fourth-order valence-electron chi connectivity index (χ4n) is 2.16. The van der Waals surface area contributed by atoms with Gasteiger partial charge in [0.15, 0.2) is 0 Å². The van der Waals surface area contributed by atoms with Crippen LogP contribution in [-0.4, -0.2) is 18.0 Å². The zero-order valence-electron chi connectivity index (χ0n) is 12.4. The van der Waals surface area contributed by atoms with Crippen molar-refractivity contribution >= 4 is 5.91 Å². The van der Waals surface area contributed by atoms with Gasteiger partial charge in [0.1, 0.15) is 0 Å². The van der Waals surface area contributed by atoms with Crippen LogP contribution in [0.5, 0.6) is 0 Å². The molecule has 3 heteroatoms. The van der Waals surface area contributed by atoms with E-state index in [0.29, 0.717) is 0 Å². The maximum Gasteiger partial charge on any atom is 0.237 e. The standard InChI is InChI=1S/C16H26N2O/c1-5-9-12(2)17-16(19)14(4)18-13(3)15-10-7-6-8-11-15/h6-8,10-14,18H,5,9H2,1-4H3,(H,17,19)/t12?,13-,14?/m0/s1. The summed E-state index contributed by atoms with van der Waals surface area (Å²) in [6, 6.07) is 10.4. The largest absolute Gasteiger partial charge is 0.352 e. The summed E-state index contributed by atoms with van der Waals surface area (Å²) < 4.78 is 0. The van der Waals surface area contributed by atoms with Crippen LogP contribution < -0.4 is 10.6 Å². The number of hydrogen-bond acceptors (Lipinski definition) is 2. The van der Waals surface area contributed by atoms with Crippen LogP contribution in [-0.2, 0) is 4.79 Å². The molecule has 2 unspecified atom stereocenters. The summed E-state index contributed by atoms with van der Waals surface area (Å²) in [7, 11) is 0. The van der Waals surface area contributed by atoms with Gasteiger partial charge < -0.3 is 5.32 Å². The zero-order valence-corrected chi connectivity index (χ0v) is 12.4. The molecule has 0 bridgehead atoms. The van der Waals surface area contributed by atoms with E-state index in [1.807, 2.05) is 25.1 Å². The van der Waals surface area contributed by atoms with Gasteiger partial charge in [-0.25, -0.2) is 0 Å². The maximum absolute atomic E-state index is 12.0. The number of rotatable bonds is 7. The second-order valence-electron chi connectivity index (χ2n) is 5.22. The molecule has 1 amide bonds. The van der Waals surface area contributed by atoms with Crippen LogP contribution in [0, 0.1) is 0 Å². The lowest BCUT2D eigenvalue weighted by Gasteiger charge is -2.22. The molecule has 0 aliphatic rings. The van der Waals surface area contributed by atoms with Crippen LogP contribution >= 0.6 is 0 Å². The first-order valence-corrected chi connectivity index (χ1v) is 7.16. The van der Waals surface area contributed by atoms with Gasteiger partial charge in [0, 0.05) is 12.1 Å². The minimum Gasteiger partial charge on any atom is -0.352 e. The number of carbonyl (C=O) groups is 1. The quantitative estimate of drug-likeness (QED) is 0.793. The van der Waals surface area contributed by atoms with E-state index in [4.69, 9.17) is 0 Å². The second-order valence-corrected chi connectivity index (χ2v) is 5.22. The monoisotopic (exact) mass is 262 g/mol. The van der Waals surface area contributed by atoms with Crippen molar-refractivity contribution in [3.63, 3.8) is 0 Å². The van der Waals surface area contributed by atoms with Crippen LogP contribution in [0.4, 0.5) is 0 Å². The van der Waals surface area contributed by atoms with Crippen LogP contribution in [0.1, 0.15) is 52.1 Å². The van der Waals surface area contributed by atoms with Crippen molar-refractivity contribution in [2.45, 2.75) is 58.7 Å². The molecular formula is C16H26N2O. The van der Waals surface area contributed by atoms with E-state index in [1.165, 1.54) is 5.56 Å². The summed E-state index contributed by atoms with van der Waals surface area (Å²) in [5, 5.41) is 6.37. The first-order valence-electron chi connectivity index (χ1n) is 7.16. The van der Waals surface area contributed by atoms with Gasteiger partial charge in [0.2, 0.25) is 5.91 Å².